The van der Waals surface area contributed by atoms with Gasteiger partial charge >= 0.3 is 0 Å². The van der Waals surface area contributed by atoms with Gasteiger partial charge in [0.1, 0.15) is 11.6 Å². The summed E-state index contributed by atoms with van der Waals surface area (Å²) in [6.45, 7) is 1.63. The van der Waals surface area contributed by atoms with Crippen molar-refractivity contribution in [1.82, 2.24) is 25.1 Å². The molecule has 156 valence electrons. The number of carbonyl (C=O) groups is 1. The second-order valence-corrected chi connectivity index (χ2v) is 7.72. The highest BCUT2D eigenvalue weighted by atomic mass is 16.5. The van der Waals surface area contributed by atoms with E-state index >= 15 is 0 Å². The normalized spacial score (nSPS) is 14.6. The summed E-state index contributed by atoms with van der Waals surface area (Å²) in [5.74, 6) is 3.22. The summed E-state index contributed by atoms with van der Waals surface area (Å²) in [7, 11) is 1.66. The molecule has 7 heteroatoms. The summed E-state index contributed by atoms with van der Waals surface area (Å²) in [6.07, 6.45) is 7.66. The van der Waals surface area contributed by atoms with Crippen molar-refractivity contribution in [1.29, 1.82) is 0 Å². The number of H-pyrrole nitrogens is 1. The van der Waals surface area contributed by atoms with E-state index in [9.17, 15) is 4.79 Å². The van der Waals surface area contributed by atoms with Gasteiger partial charge in [-0.15, -0.1) is 0 Å². The third kappa shape index (κ3) is 5.03. The van der Waals surface area contributed by atoms with Crippen molar-refractivity contribution >= 4 is 5.91 Å². The maximum Gasteiger partial charge on any atom is 0.222 e. The Morgan fingerprint density at radius 3 is 2.57 bits per heavy atom. The summed E-state index contributed by atoms with van der Waals surface area (Å²) in [6, 6.07) is 11.7. The lowest BCUT2D eigenvalue weighted by molar-refractivity contribution is -0.132. The minimum absolute atomic E-state index is 0.240. The molecule has 0 saturated carbocycles. The fraction of sp³-hybridized carbons (Fsp3) is 0.391. The molecular weight excluding hydrogens is 378 g/mol. The molecule has 0 radical (unpaired) electrons. The molecular formula is C23H27N5O2. The fourth-order valence-corrected chi connectivity index (χ4v) is 3.88. The van der Waals surface area contributed by atoms with Crippen molar-refractivity contribution < 1.29 is 9.53 Å². The van der Waals surface area contributed by atoms with Crippen LogP contribution in [0.2, 0.25) is 0 Å². The highest BCUT2D eigenvalue weighted by molar-refractivity contribution is 5.76. The van der Waals surface area contributed by atoms with Gasteiger partial charge in [0, 0.05) is 43.9 Å². The molecule has 2 aromatic heterocycles. The number of likely N-dealkylation sites (tertiary alicyclic amines) is 1. The fourth-order valence-electron chi connectivity index (χ4n) is 3.88. The molecule has 0 unspecified atom stereocenters. The van der Waals surface area contributed by atoms with Gasteiger partial charge in [0.25, 0.3) is 0 Å². The van der Waals surface area contributed by atoms with Crippen molar-refractivity contribution in [3.05, 3.63) is 60.2 Å². The number of carbonyl (C=O) groups excluding carboxylic acids is 1. The van der Waals surface area contributed by atoms with E-state index in [4.69, 9.17) is 4.74 Å². The molecule has 1 saturated heterocycles. The third-order valence-electron chi connectivity index (χ3n) is 5.71. The zero-order valence-electron chi connectivity index (χ0n) is 17.3. The number of methoxy groups -OCH3 is 1. The largest absolute Gasteiger partial charge is 0.497 e. The van der Waals surface area contributed by atoms with Crippen LogP contribution >= 0.6 is 0 Å². The van der Waals surface area contributed by atoms with Gasteiger partial charge in [0.05, 0.1) is 7.11 Å². The number of hydrogen-bond donors (Lipinski definition) is 1. The first-order chi connectivity index (χ1) is 14.7. The molecule has 0 bridgehead atoms. The number of ether oxygens (including phenoxy) is 1. The molecule has 30 heavy (non-hydrogen) atoms. The van der Waals surface area contributed by atoms with E-state index < -0.39 is 0 Å². The van der Waals surface area contributed by atoms with Gasteiger partial charge in [0.15, 0.2) is 5.82 Å². The monoisotopic (exact) mass is 405 g/mol. The van der Waals surface area contributed by atoms with E-state index in [1.807, 2.05) is 41.3 Å². The molecule has 1 fully saturated rings. The highest BCUT2D eigenvalue weighted by Crippen LogP contribution is 2.22. The first-order valence-electron chi connectivity index (χ1n) is 10.4. The van der Waals surface area contributed by atoms with Gasteiger partial charge in [-0.2, -0.15) is 5.10 Å². The topological polar surface area (TPSA) is 84.0 Å². The van der Waals surface area contributed by atoms with Crippen molar-refractivity contribution in [2.45, 2.75) is 32.1 Å². The zero-order valence-corrected chi connectivity index (χ0v) is 17.3. The van der Waals surface area contributed by atoms with E-state index in [0.29, 0.717) is 18.2 Å². The van der Waals surface area contributed by atoms with Crippen molar-refractivity contribution in [2.75, 3.05) is 20.2 Å². The summed E-state index contributed by atoms with van der Waals surface area (Å²) in [4.78, 5) is 23.2. The number of amides is 1. The SMILES string of the molecule is COc1ccc(CCC(=O)N2CCC(Cc3nc(-c4ccncc4)n[nH]3)CC2)cc1. The van der Waals surface area contributed by atoms with E-state index in [-0.39, 0.29) is 5.91 Å². The number of hydrogen-bond acceptors (Lipinski definition) is 5. The highest BCUT2D eigenvalue weighted by Gasteiger charge is 2.23. The molecule has 7 nitrogen and oxygen atoms in total. The van der Waals surface area contributed by atoms with Crippen LogP contribution in [0.15, 0.2) is 48.8 Å². The number of aromatic nitrogens is 4. The third-order valence-corrected chi connectivity index (χ3v) is 5.71. The molecule has 1 aromatic carbocycles. The molecule has 3 heterocycles. The van der Waals surface area contributed by atoms with Crippen LogP contribution in [0.25, 0.3) is 11.4 Å². The van der Waals surface area contributed by atoms with Crippen LogP contribution in [0.5, 0.6) is 5.75 Å². The van der Waals surface area contributed by atoms with Crippen molar-refractivity contribution in [3.8, 4) is 17.1 Å². The lowest BCUT2D eigenvalue weighted by atomic mass is 9.93. The van der Waals surface area contributed by atoms with Gasteiger partial charge in [-0.3, -0.25) is 14.9 Å². The number of benzene rings is 1. The molecule has 3 aromatic rings. The molecule has 4 rings (SSSR count). The van der Waals surface area contributed by atoms with Gasteiger partial charge < -0.3 is 9.64 Å². The number of aromatic amines is 1. The van der Waals surface area contributed by atoms with Gasteiger partial charge in [-0.05, 0) is 55.0 Å². The Labute approximate surface area is 176 Å². The van der Waals surface area contributed by atoms with Gasteiger partial charge in [-0.25, -0.2) is 4.98 Å². The Hall–Kier alpha value is -3.22. The Morgan fingerprint density at radius 2 is 1.87 bits per heavy atom. The minimum atomic E-state index is 0.240. The quantitative estimate of drug-likeness (QED) is 0.652. The Morgan fingerprint density at radius 1 is 1.13 bits per heavy atom. The lowest BCUT2D eigenvalue weighted by Crippen LogP contribution is -2.39. The predicted molar refractivity (Wildman–Crippen MR) is 114 cm³/mol. The second-order valence-electron chi connectivity index (χ2n) is 7.72. The maximum absolute atomic E-state index is 12.6. The second kappa shape index (κ2) is 9.52. The molecule has 1 amide bonds. The zero-order chi connectivity index (χ0) is 20.8. The van der Waals surface area contributed by atoms with Gasteiger partial charge in [-0.1, -0.05) is 12.1 Å². The van der Waals surface area contributed by atoms with E-state index in [0.717, 1.165) is 61.5 Å². The number of nitrogens with one attached hydrogen (secondary N) is 1. The first kappa shape index (κ1) is 20.1. The van der Waals surface area contributed by atoms with Crippen LogP contribution in [-0.2, 0) is 17.6 Å². The number of aryl methyl sites for hydroxylation is 1. The smallest absolute Gasteiger partial charge is 0.222 e. The molecule has 1 aliphatic rings. The summed E-state index contributed by atoms with van der Waals surface area (Å²) >= 11 is 0. The summed E-state index contributed by atoms with van der Waals surface area (Å²) in [5, 5.41) is 7.38. The van der Waals surface area contributed by atoms with Crippen LogP contribution < -0.4 is 4.74 Å². The molecule has 1 aliphatic heterocycles. The van der Waals surface area contributed by atoms with E-state index in [2.05, 4.69) is 20.2 Å². The van der Waals surface area contributed by atoms with Gasteiger partial charge in [0.2, 0.25) is 5.91 Å². The first-order valence-corrected chi connectivity index (χ1v) is 10.4. The molecule has 0 aliphatic carbocycles. The average Bonchev–Trinajstić information content (AvgIpc) is 3.27. The van der Waals surface area contributed by atoms with Crippen LogP contribution in [0.3, 0.4) is 0 Å². The maximum atomic E-state index is 12.6. The number of nitrogens with zero attached hydrogens (tertiary/aromatic N) is 4. The number of piperidine rings is 1. The Bertz CT molecular complexity index is 947. The predicted octanol–water partition coefficient (Wildman–Crippen LogP) is 3.29. The van der Waals surface area contributed by atoms with E-state index in [1.54, 1.807) is 19.5 Å². The minimum Gasteiger partial charge on any atom is -0.497 e. The average molecular weight is 406 g/mol. The molecule has 0 atom stereocenters. The van der Waals surface area contributed by atoms with Crippen LogP contribution in [0.4, 0.5) is 0 Å². The number of rotatable bonds is 7. The summed E-state index contributed by atoms with van der Waals surface area (Å²) in [5.41, 5.74) is 2.12. The standard InChI is InChI=1S/C23H27N5O2/c1-30-20-5-2-17(3-6-20)4-7-22(29)28-14-10-18(11-15-28)16-21-25-23(27-26-21)19-8-12-24-13-9-19/h2-3,5-6,8-9,12-13,18H,4,7,10-11,14-16H2,1H3,(H,25,26,27). The Kier molecular flexibility index (Phi) is 6.37. The Balaban J connectivity index is 1.22. The number of pyridine rings is 1. The van der Waals surface area contributed by atoms with Crippen LogP contribution in [0, 0.1) is 5.92 Å². The molecule has 1 N–H and O–H groups in total. The van der Waals surface area contributed by atoms with E-state index in [1.165, 1.54) is 0 Å². The van der Waals surface area contributed by atoms with Crippen LogP contribution in [0.1, 0.15) is 30.7 Å². The summed E-state index contributed by atoms with van der Waals surface area (Å²) < 4.78 is 5.18. The van der Waals surface area contributed by atoms with Crippen LogP contribution in [-0.4, -0.2) is 51.2 Å². The van der Waals surface area contributed by atoms with Crippen molar-refractivity contribution in [3.63, 3.8) is 0 Å². The van der Waals surface area contributed by atoms with Crippen molar-refractivity contribution in [2.24, 2.45) is 5.92 Å². The lowest BCUT2D eigenvalue weighted by Gasteiger charge is -2.31. The molecule has 0 spiro atoms.